The maximum Gasteiger partial charge on any atom is 0.309 e. The van der Waals surface area contributed by atoms with Gasteiger partial charge in [-0.1, -0.05) is 38.5 Å². The molecule has 9 nitrogen and oxygen atoms in total. The van der Waals surface area contributed by atoms with E-state index in [4.69, 9.17) is 9.47 Å². The largest absolute Gasteiger partial charge is 0.466 e. The maximum absolute atomic E-state index is 14.0. The lowest BCUT2D eigenvalue weighted by Crippen LogP contribution is -2.60. The lowest BCUT2D eigenvalue weighted by molar-refractivity contribution is -0.152. The molecule has 0 N–H and O–H groups in total. The summed E-state index contributed by atoms with van der Waals surface area (Å²) in [5, 5.41) is 0. The van der Waals surface area contributed by atoms with Gasteiger partial charge in [0.05, 0.1) is 19.1 Å². The second kappa shape index (κ2) is 11.7. The number of benzene rings is 1. The molecule has 0 unspecified atom stereocenters. The van der Waals surface area contributed by atoms with E-state index in [9.17, 15) is 19.2 Å². The first kappa shape index (κ1) is 29.1. The molecule has 3 amide bonds. The van der Waals surface area contributed by atoms with Crippen molar-refractivity contribution >= 4 is 23.7 Å². The predicted octanol–water partition coefficient (Wildman–Crippen LogP) is 3.39. The minimum Gasteiger partial charge on any atom is -0.466 e. The molecule has 3 saturated heterocycles. The normalized spacial score (nSPS) is 21.8. The Hall–Kier alpha value is -2.94. The molecule has 3 aliphatic heterocycles. The van der Waals surface area contributed by atoms with E-state index in [1.807, 2.05) is 50.8 Å². The first-order valence-corrected chi connectivity index (χ1v) is 14.2. The first-order valence-electron chi connectivity index (χ1n) is 14.2. The maximum atomic E-state index is 14.0. The van der Waals surface area contributed by atoms with Crippen LogP contribution >= 0.6 is 0 Å². The molecule has 3 aliphatic rings. The van der Waals surface area contributed by atoms with E-state index in [-0.39, 0.29) is 41.6 Å². The monoisotopic (exact) mass is 541 g/mol. The van der Waals surface area contributed by atoms with Crippen molar-refractivity contribution in [1.82, 2.24) is 14.7 Å². The Labute approximate surface area is 231 Å². The fraction of sp³-hybridized carbons (Fsp3) is 0.667. The Morgan fingerprint density at radius 1 is 1.03 bits per heavy atom. The van der Waals surface area contributed by atoms with Gasteiger partial charge in [0.15, 0.2) is 0 Å². The van der Waals surface area contributed by atoms with Gasteiger partial charge in [0.2, 0.25) is 11.8 Å². The quantitative estimate of drug-likeness (QED) is 0.531. The molecule has 214 valence electrons. The van der Waals surface area contributed by atoms with Crippen molar-refractivity contribution in [2.75, 3.05) is 39.4 Å². The number of nitrogens with zero attached hydrogens (tertiary/aromatic N) is 3. The topological polar surface area (TPSA) is 96.5 Å². The minimum absolute atomic E-state index is 0.101. The van der Waals surface area contributed by atoms with Gasteiger partial charge in [0.1, 0.15) is 11.8 Å². The molecular formula is C30H43N3O6. The molecule has 0 aromatic heterocycles. The van der Waals surface area contributed by atoms with Crippen LogP contribution in [0.4, 0.5) is 0 Å². The van der Waals surface area contributed by atoms with Crippen LogP contribution in [0.5, 0.6) is 0 Å². The van der Waals surface area contributed by atoms with Gasteiger partial charge >= 0.3 is 5.97 Å². The number of amides is 3. The van der Waals surface area contributed by atoms with Crippen molar-refractivity contribution in [3.63, 3.8) is 0 Å². The molecule has 1 aromatic carbocycles. The van der Waals surface area contributed by atoms with Crippen LogP contribution in [-0.4, -0.2) is 89.6 Å². The zero-order chi connectivity index (χ0) is 28.4. The number of carbonyl (C=O) groups excluding carboxylic acids is 4. The SMILES string of the molecule is CCOC(=O)C1CCN(C(=O)[C@@H]2COC3(CCN(C(=O)CC(C)(C)C)CC3)N2C(=O)c2cccc(C)c2)CC1. The second-order valence-corrected chi connectivity index (χ2v) is 12.3. The summed E-state index contributed by atoms with van der Waals surface area (Å²) in [4.78, 5) is 58.2. The number of esters is 1. The highest BCUT2D eigenvalue weighted by Crippen LogP contribution is 2.40. The van der Waals surface area contributed by atoms with Crippen LogP contribution in [0, 0.1) is 18.3 Å². The van der Waals surface area contributed by atoms with Gasteiger partial charge in [-0.25, -0.2) is 0 Å². The van der Waals surface area contributed by atoms with Crippen LogP contribution in [0.25, 0.3) is 0 Å². The number of hydrogen-bond acceptors (Lipinski definition) is 6. The highest BCUT2D eigenvalue weighted by Gasteiger charge is 2.55. The molecule has 39 heavy (non-hydrogen) atoms. The Bertz CT molecular complexity index is 1080. The fourth-order valence-electron chi connectivity index (χ4n) is 5.95. The van der Waals surface area contributed by atoms with Crippen molar-refractivity contribution in [2.24, 2.45) is 11.3 Å². The smallest absolute Gasteiger partial charge is 0.309 e. The number of aryl methyl sites for hydroxylation is 1. The Morgan fingerprint density at radius 3 is 2.28 bits per heavy atom. The molecule has 0 aliphatic carbocycles. The van der Waals surface area contributed by atoms with Crippen molar-refractivity contribution in [3.05, 3.63) is 35.4 Å². The van der Waals surface area contributed by atoms with E-state index in [1.165, 1.54) is 0 Å². The van der Waals surface area contributed by atoms with Crippen molar-refractivity contribution in [3.8, 4) is 0 Å². The zero-order valence-corrected chi connectivity index (χ0v) is 24.0. The summed E-state index contributed by atoms with van der Waals surface area (Å²) < 4.78 is 11.5. The molecule has 3 fully saturated rings. The third kappa shape index (κ3) is 6.45. The highest BCUT2D eigenvalue weighted by atomic mass is 16.5. The molecule has 9 heteroatoms. The van der Waals surface area contributed by atoms with Crippen molar-refractivity contribution in [1.29, 1.82) is 0 Å². The molecular weight excluding hydrogens is 498 g/mol. The fourth-order valence-corrected chi connectivity index (χ4v) is 5.95. The number of rotatable bonds is 5. The second-order valence-electron chi connectivity index (χ2n) is 12.3. The van der Waals surface area contributed by atoms with Crippen LogP contribution in [0.1, 0.15) is 75.7 Å². The zero-order valence-electron chi connectivity index (χ0n) is 24.0. The Balaban J connectivity index is 1.53. The standard InChI is InChI=1S/C30H43N3O6/c1-6-38-28(37)22-10-14-32(15-11-22)27(36)24-20-39-30(33(24)26(35)23-9-7-8-21(2)18-23)12-16-31(17-13-30)25(34)19-29(3,4)5/h7-9,18,22,24H,6,10-17,19-20H2,1-5H3/t24-/m0/s1. The third-order valence-corrected chi connectivity index (χ3v) is 8.04. The highest BCUT2D eigenvalue weighted by molar-refractivity contribution is 5.98. The summed E-state index contributed by atoms with van der Waals surface area (Å²) in [7, 11) is 0. The van der Waals surface area contributed by atoms with Gasteiger partial charge < -0.3 is 19.3 Å². The van der Waals surface area contributed by atoms with Gasteiger partial charge in [0, 0.05) is 51.0 Å². The van der Waals surface area contributed by atoms with Crippen molar-refractivity contribution < 1.29 is 28.7 Å². The lowest BCUT2D eigenvalue weighted by atomic mass is 9.90. The summed E-state index contributed by atoms with van der Waals surface area (Å²) in [6.45, 7) is 12.1. The summed E-state index contributed by atoms with van der Waals surface area (Å²) >= 11 is 0. The molecule has 0 saturated carbocycles. The molecule has 3 heterocycles. The van der Waals surface area contributed by atoms with E-state index >= 15 is 0 Å². The molecule has 0 radical (unpaired) electrons. The van der Waals surface area contributed by atoms with E-state index in [1.54, 1.807) is 22.8 Å². The number of hydrogen-bond donors (Lipinski definition) is 0. The first-order chi connectivity index (χ1) is 18.4. The van der Waals surface area contributed by atoms with Gasteiger partial charge in [-0.05, 0) is 44.2 Å². The summed E-state index contributed by atoms with van der Waals surface area (Å²) in [6, 6.07) is 6.63. The number of ether oxygens (including phenoxy) is 2. The summed E-state index contributed by atoms with van der Waals surface area (Å²) in [6.07, 6.45) is 2.44. The van der Waals surface area contributed by atoms with Crippen molar-refractivity contribution in [2.45, 2.75) is 78.5 Å². The third-order valence-electron chi connectivity index (χ3n) is 8.04. The van der Waals surface area contributed by atoms with Crippen LogP contribution in [-0.2, 0) is 23.9 Å². The molecule has 1 spiro atoms. The van der Waals surface area contributed by atoms with Crippen LogP contribution < -0.4 is 0 Å². The molecule has 1 atom stereocenters. The number of piperidine rings is 2. The Morgan fingerprint density at radius 2 is 1.69 bits per heavy atom. The van der Waals surface area contributed by atoms with Crippen LogP contribution in [0.15, 0.2) is 24.3 Å². The van der Waals surface area contributed by atoms with Gasteiger partial charge in [0.25, 0.3) is 5.91 Å². The number of carbonyl (C=O) groups is 4. The summed E-state index contributed by atoms with van der Waals surface area (Å²) in [5.41, 5.74) is 0.427. The van der Waals surface area contributed by atoms with Gasteiger partial charge in [-0.2, -0.15) is 0 Å². The van der Waals surface area contributed by atoms with Gasteiger partial charge in [-0.3, -0.25) is 24.1 Å². The van der Waals surface area contributed by atoms with E-state index in [2.05, 4.69) is 0 Å². The Kier molecular flexibility index (Phi) is 8.69. The molecule has 1 aromatic rings. The van der Waals surface area contributed by atoms with Gasteiger partial charge in [-0.15, -0.1) is 0 Å². The van der Waals surface area contributed by atoms with E-state index < -0.39 is 11.8 Å². The van der Waals surface area contributed by atoms with Crippen LogP contribution in [0.2, 0.25) is 0 Å². The van der Waals surface area contributed by atoms with Crippen LogP contribution in [0.3, 0.4) is 0 Å². The average Bonchev–Trinajstić information content (AvgIpc) is 3.25. The predicted molar refractivity (Wildman–Crippen MR) is 146 cm³/mol. The molecule has 4 rings (SSSR count). The number of likely N-dealkylation sites (tertiary alicyclic amines) is 2. The summed E-state index contributed by atoms with van der Waals surface area (Å²) in [5.74, 6) is -0.701. The molecule has 0 bridgehead atoms. The average molecular weight is 542 g/mol. The van der Waals surface area contributed by atoms with E-state index in [0.717, 1.165) is 5.56 Å². The minimum atomic E-state index is -0.942. The van der Waals surface area contributed by atoms with E-state index in [0.29, 0.717) is 70.5 Å². The lowest BCUT2D eigenvalue weighted by Gasteiger charge is -2.45.